The number of rotatable bonds is 4. The molecule has 0 aliphatic heterocycles. The van der Waals surface area contributed by atoms with Crippen LogP contribution in [0.3, 0.4) is 0 Å². The van der Waals surface area contributed by atoms with Gasteiger partial charge in [0.25, 0.3) is 0 Å². The Hall–Kier alpha value is 0.200. The molecule has 1 N–H and O–H groups in total. The standard InChI is InChI=1S/C11H16IN.ClH/c1-9-3-4-11(7-10(9)2)8-13-6-5-12;/h3-4,7,13H,5-6,8H2,1-2H3;1H. The summed E-state index contributed by atoms with van der Waals surface area (Å²) in [6, 6.07) is 6.65. The van der Waals surface area contributed by atoms with Crippen LogP contribution in [0.2, 0.25) is 0 Å². The zero-order valence-corrected chi connectivity index (χ0v) is 11.6. The van der Waals surface area contributed by atoms with Crippen LogP contribution in [0.5, 0.6) is 0 Å². The van der Waals surface area contributed by atoms with E-state index in [0.29, 0.717) is 0 Å². The molecule has 0 atom stereocenters. The Kier molecular flexibility index (Phi) is 7.59. The summed E-state index contributed by atoms with van der Waals surface area (Å²) in [5, 5.41) is 3.39. The SMILES string of the molecule is Cc1ccc(CNCCI)cc1C.Cl. The van der Waals surface area contributed by atoms with Gasteiger partial charge in [-0.1, -0.05) is 40.8 Å². The van der Waals surface area contributed by atoms with Crippen molar-refractivity contribution in [2.75, 3.05) is 11.0 Å². The van der Waals surface area contributed by atoms with Crippen molar-refractivity contribution in [2.24, 2.45) is 0 Å². The van der Waals surface area contributed by atoms with Crippen LogP contribution >= 0.6 is 35.0 Å². The normalized spacial score (nSPS) is 9.64. The van der Waals surface area contributed by atoms with Gasteiger partial charge >= 0.3 is 0 Å². The molecular formula is C11H17ClIN. The fraction of sp³-hybridized carbons (Fsp3) is 0.455. The lowest BCUT2D eigenvalue weighted by Crippen LogP contribution is -2.15. The maximum atomic E-state index is 3.39. The van der Waals surface area contributed by atoms with Gasteiger partial charge < -0.3 is 5.32 Å². The molecule has 0 aliphatic rings. The lowest BCUT2D eigenvalue weighted by atomic mass is 10.1. The summed E-state index contributed by atoms with van der Waals surface area (Å²) in [5.74, 6) is 0. The van der Waals surface area contributed by atoms with Gasteiger partial charge in [-0.2, -0.15) is 0 Å². The summed E-state index contributed by atoms with van der Waals surface area (Å²) in [7, 11) is 0. The number of halogens is 2. The lowest BCUT2D eigenvalue weighted by molar-refractivity contribution is 0.736. The lowest BCUT2D eigenvalue weighted by Gasteiger charge is -2.05. The summed E-state index contributed by atoms with van der Waals surface area (Å²) in [6.07, 6.45) is 0. The third-order valence-electron chi connectivity index (χ3n) is 2.17. The summed E-state index contributed by atoms with van der Waals surface area (Å²) >= 11 is 2.38. The molecule has 1 nitrogen and oxygen atoms in total. The Morgan fingerprint density at radius 3 is 2.50 bits per heavy atom. The van der Waals surface area contributed by atoms with Crippen LogP contribution in [0.15, 0.2) is 18.2 Å². The molecule has 0 amide bonds. The molecule has 1 rings (SSSR count). The van der Waals surface area contributed by atoms with Gasteiger partial charge in [-0.3, -0.25) is 0 Å². The fourth-order valence-electron chi connectivity index (χ4n) is 1.21. The molecular weight excluding hydrogens is 308 g/mol. The highest BCUT2D eigenvalue weighted by Gasteiger charge is 1.95. The quantitative estimate of drug-likeness (QED) is 0.509. The molecule has 0 fully saturated rings. The number of hydrogen-bond acceptors (Lipinski definition) is 1. The number of hydrogen-bond donors (Lipinski definition) is 1. The number of nitrogens with one attached hydrogen (secondary N) is 1. The van der Waals surface area contributed by atoms with Crippen molar-refractivity contribution in [3.8, 4) is 0 Å². The Morgan fingerprint density at radius 1 is 1.21 bits per heavy atom. The monoisotopic (exact) mass is 325 g/mol. The van der Waals surface area contributed by atoms with E-state index in [9.17, 15) is 0 Å². The highest BCUT2D eigenvalue weighted by atomic mass is 127. The molecule has 0 spiro atoms. The average molecular weight is 326 g/mol. The fourth-order valence-corrected chi connectivity index (χ4v) is 1.59. The van der Waals surface area contributed by atoms with Crippen molar-refractivity contribution < 1.29 is 0 Å². The predicted molar refractivity (Wildman–Crippen MR) is 73.8 cm³/mol. The summed E-state index contributed by atoms with van der Waals surface area (Å²) in [6.45, 7) is 6.39. The van der Waals surface area contributed by atoms with E-state index in [-0.39, 0.29) is 12.4 Å². The molecule has 0 saturated carbocycles. The van der Waals surface area contributed by atoms with Crippen LogP contribution < -0.4 is 5.32 Å². The second-order valence-corrected chi connectivity index (χ2v) is 4.36. The topological polar surface area (TPSA) is 12.0 Å². The summed E-state index contributed by atoms with van der Waals surface area (Å²) < 4.78 is 1.17. The van der Waals surface area contributed by atoms with E-state index in [1.807, 2.05) is 0 Å². The summed E-state index contributed by atoms with van der Waals surface area (Å²) in [4.78, 5) is 0. The first kappa shape index (κ1) is 14.2. The van der Waals surface area contributed by atoms with Crippen molar-refractivity contribution in [1.82, 2.24) is 5.32 Å². The first-order chi connectivity index (χ1) is 6.24. The molecule has 0 unspecified atom stereocenters. The molecule has 0 heterocycles. The molecule has 0 radical (unpaired) electrons. The van der Waals surface area contributed by atoms with Crippen molar-refractivity contribution in [3.63, 3.8) is 0 Å². The molecule has 1 aromatic carbocycles. The maximum absolute atomic E-state index is 3.39. The van der Waals surface area contributed by atoms with Gasteiger partial charge in [0.2, 0.25) is 0 Å². The van der Waals surface area contributed by atoms with Crippen molar-refractivity contribution >= 4 is 35.0 Å². The van der Waals surface area contributed by atoms with Crippen molar-refractivity contribution in [1.29, 1.82) is 0 Å². The second kappa shape index (κ2) is 7.49. The Bertz CT molecular complexity index is 276. The Labute approximate surface area is 106 Å². The third kappa shape index (κ3) is 4.62. The van der Waals surface area contributed by atoms with E-state index in [0.717, 1.165) is 13.1 Å². The molecule has 1 aromatic rings. The van der Waals surface area contributed by atoms with Gasteiger partial charge in [0.1, 0.15) is 0 Å². The van der Waals surface area contributed by atoms with E-state index in [4.69, 9.17) is 0 Å². The second-order valence-electron chi connectivity index (χ2n) is 3.28. The zero-order chi connectivity index (χ0) is 9.68. The van der Waals surface area contributed by atoms with Crippen molar-refractivity contribution in [3.05, 3.63) is 34.9 Å². The van der Waals surface area contributed by atoms with Gasteiger partial charge in [0.15, 0.2) is 0 Å². The molecule has 14 heavy (non-hydrogen) atoms. The van der Waals surface area contributed by atoms with Crippen LogP contribution in [0.1, 0.15) is 16.7 Å². The molecule has 0 bridgehead atoms. The molecule has 0 aliphatic carbocycles. The van der Waals surface area contributed by atoms with Gasteiger partial charge in [-0.15, -0.1) is 12.4 Å². The molecule has 0 aromatic heterocycles. The van der Waals surface area contributed by atoms with E-state index in [1.54, 1.807) is 0 Å². The smallest absolute Gasteiger partial charge is 0.0205 e. The van der Waals surface area contributed by atoms with Crippen LogP contribution in [-0.4, -0.2) is 11.0 Å². The van der Waals surface area contributed by atoms with Crippen LogP contribution in [0.4, 0.5) is 0 Å². The van der Waals surface area contributed by atoms with Gasteiger partial charge in [0.05, 0.1) is 0 Å². The first-order valence-corrected chi connectivity index (χ1v) is 6.09. The van der Waals surface area contributed by atoms with Gasteiger partial charge in [-0.05, 0) is 30.5 Å². The average Bonchev–Trinajstić information content (AvgIpc) is 2.12. The number of benzene rings is 1. The third-order valence-corrected chi connectivity index (χ3v) is 2.71. The van der Waals surface area contributed by atoms with Crippen LogP contribution in [0, 0.1) is 13.8 Å². The maximum Gasteiger partial charge on any atom is 0.0205 e. The van der Waals surface area contributed by atoms with E-state index in [2.05, 4.69) is 60.0 Å². The minimum atomic E-state index is 0. The Morgan fingerprint density at radius 2 is 1.93 bits per heavy atom. The van der Waals surface area contributed by atoms with Gasteiger partial charge in [-0.25, -0.2) is 0 Å². The predicted octanol–water partition coefficient (Wildman–Crippen LogP) is 3.25. The van der Waals surface area contributed by atoms with Gasteiger partial charge in [0, 0.05) is 17.5 Å². The highest BCUT2D eigenvalue weighted by molar-refractivity contribution is 14.1. The Balaban J connectivity index is 0.00000169. The molecule has 80 valence electrons. The molecule has 3 heteroatoms. The number of aryl methyl sites for hydroxylation is 2. The van der Waals surface area contributed by atoms with E-state index < -0.39 is 0 Å². The highest BCUT2D eigenvalue weighted by Crippen LogP contribution is 2.09. The van der Waals surface area contributed by atoms with E-state index in [1.165, 1.54) is 21.1 Å². The van der Waals surface area contributed by atoms with Crippen LogP contribution in [-0.2, 0) is 6.54 Å². The first-order valence-electron chi connectivity index (χ1n) is 4.57. The molecule has 0 saturated heterocycles. The van der Waals surface area contributed by atoms with E-state index >= 15 is 0 Å². The van der Waals surface area contributed by atoms with Crippen LogP contribution in [0.25, 0.3) is 0 Å². The number of alkyl halides is 1. The van der Waals surface area contributed by atoms with Crippen molar-refractivity contribution in [2.45, 2.75) is 20.4 Å². The summed E-state index contributed by atoms with van der Waals surface area (Å²) in [5.41, 5.74) is 4.14. The largest absolute Gasteiger partial charge is 0.312 e. The minimum Gasteiger partial charge on any atom is -0.312 e. The minimum absolute atomic E-state index is 0. The zero-order valence-electron chi connectivity index (χ0n) is 8.64.